The van der Waals surface area contributed by atoms with Gasteiger partial charge in [-0.2, -0.15) is 0 Å². The van der Waals surface area contributed by atoms with Crippen molar-refractivity contribution in [2.24, 2.45) is 0 Å². The summed E-state index contributed by atoms with van der Waals surface area (Å²) in [6.07, 6.45) is -1.99. The second-order valence-corrected chi connectivity index (χ2v) is 3.47. The first-order valence-corrected chi connectivity index (χ1v) is 5.14. The summed E-state index contributed by atoms with van der Waals surface area (Å²) in [5.41, 5.74) is -1.60. The smallest absolute Gasteiger partial charge is 0.258 e. The van der Waals surface area contributed by atoms with Crippen molar-refractivity contribution in [3.8, 4) is 0 Å². The van der Waals surface area contributed by atoms with Crippen LogP contribution in [0.15, 0.2) is 6.20 Å². The Bertz CT molecular complexity index is 403. The highest BCUT2D eigenvalue weighted by atomic mass is 79.9. The highest BCUT2D eigenvalue weighted by Gasteiger charge is 2.29. The molecule has 0 N–H and O–H groups in total. The van der Waals surface area contributed by atoms with Crippen LogP contribution in [0.4, 0.5) is 14.5 Å². The SMILES string of the molecule is O=[N+]([O-])c1c(Cl)cnc(CBr)c1C(F)F. The molecular weight excluding hydrogens is 297 g/mol. The third kappa shape index (κ3) is 2.40. The Balaban J connectivity index is 3.51. The van der Waals surface area contributed by atoms with E-state index in [0.717, 1.165) is 6.20 Å². The van der Waals surface area contributed by atoms with E-state index < -0.39 is 22.6 Å². The molecule has 0 spiro atoms. The van der Waals surface area contributed by atoms with Crippen LogP contribution in [0.3, 0.4) is 0 Å². The molecular formula is C7H4BrClF2N2O2. The van der Waals surface area contributed by atoms with Gasteiger partial charge in [-0.3, -0.25) is 15.1 Å². The van der Waals surface area contributed by atoms with Gasteiger partial charge in [0.2, 0.25) is 0 Å². The van der Waals surface area contributed by atoms with E-state index in [1.54, 1.807) is 0 Å². The van der Waals surface area contributed by atoms with E-state index >= 15 is 0 Å². The van der Waals surface area contributed by atoms with Crippen LogP contribution in [-0.2, 0) is 5.33 Å². The van der Waals surface area contributed by atoms with Gasteiger partial charge in [0.25, 0.3) is 12.1 Å². The van der Waals surface area contributed by atoms with Crippen molar-refractivity contribution in [1.29, 1.82) is 0 Å². The van der Waals surface area contributed by atoms with Crippen LogP contribution in [0.5, 0.6) is 0 Å². The van der Waals surface area contributed by atoms with Gasteiger partial charge >= 0.3 is 0 Å². The zero-order valence-electron chi connectivity index (χ0n) is 7.08. The first-order chi connectivity index (χ1) is 6.99. The molecule has 0 saturated heterocycles. The Morgan fingerprint density at radius 1 is 1.67 bits per heavy atom. The van der Waals surface area contributed by atoms with E-state index in [1.165, 1.54) is 0 Å². The lowest BCUT2D eigenvalue weighted by molar-refractivity contribution is -0.386. The number of hydrogen-bond donors (Lipinski definition) is 0. The standard InChI is InChI=1S/C7H4BrClF2N2O2/c8-1-4-5(7(10)11)6(13(14)15)3(9)2-12-4/h2,7H,1H2. The monoisotopic (exact) mass is 300 g/mol. The lowest BCUT2D eigenvalue weighted by Crippen LogP contribution is -2.03. The number of nitro groups is 1. The van der Waals surface area contributed by atoms with Crippen LogP contribution in [0, 0.1) is 10.1 Å². The molecule has 0 radical (unpaired) electrons. The molecule has 0 saturated carbocycles. The summed E-state index contributed by atoms with van der Waals surface area (Å²) < 4.78 is 25.2. The molecule has 1 aromatic heterocycles. The molecule has 0 aliphatic heterocycles. The first-order valence-electron chi connectivity index (χ1n) is 3.64. The molecule has 1 rings (SSSR count). The van der Waals surface area contributed by atoms with E-state index in [1.807, 2.05) is 0 Å². The number of pyridine rings is 1. The Hall–Kier alpha value is -0.820. The van der Waals surface area contributed by atoms with Gasteiger partial charge < -0.3 is 0 Å². The summed E-state index contributed by atoms with van der Waals surface area (Å²) >= 11 is 8.37. The molecule has 0 aliphatic rings. The van der Waals surface area contributed by atoms with Crippen LogP contribution in [0.25, 0.3) is 0 Å². The average molecular weight is 301 g/mol. The predicted molar refractivity (Wildman–Crippen MR) is 53.5 cm³/mol. The van der Waals surface area contributed by atoms with Crippen LogP contribution >= 0.6 is 27.5 Å². The second kappa shape index (κ2) is 4.80. The zero-order chi connectivity index (χ0) is 11.6. The van der Waals surface area contributed by atoms with Crippen molar-refractivity contribution in [1.82, 2.24) is 4.98 Å². The van der Waals surface area contributed by atoms with Gasteiger partial charge in [0.05, 0.1) is 16.8 Å². The average Bonchev–Trinajstić information content (AvgIpc) is 2.16. The summed E-state index contributed by atoms with van der Waals surface area (Å²) in [7, 11) is 0. The van der Waals surface area contributed by atoms with Crippen molar-refractivity contribution in [3.63, 3.8) is 0 Å². The van der Waals surface area contributed by atoms with Crippen molar-refractivity contribution in [2.75, 3.05) is 0 Å². The summed E-state index contributed by atoms with van der Waals surface area (Å²) in [6, 6.07) is 0. The third-order valence-corrected chi connectivity index (χ3v) is 2.46. The molecule has 1 heterocycles. The third-order valence-electron chi connectivity index (χ3n) is 1.65. The van der Waals surface area contributed by atoms with Crippen LogP contribution in [0.1, 0.15) is 17.7 Å². The molecule has 0 fully saturated rings. The summed E-state index contributed by atoms with van der Waals surface area (Å²) in [4.78, 5) is 13.2. The highest BCUT2D eigenvalue weighted by molar-refractivity contribution is 9.08. The number of nitrogens with zero attached hydrogens (tertiary/aromatic N) is 2. The van der Waals surface area contributed by atoms with Crippen LogP contribution < -0.4 is 0 Å². The van der Waals surface area contributed by atoms with Crippen LogP contribution in [0.2, 0.25) is 5.02 Å². The summed E-state index contributed by atoms with van der Waals surface area (Å²) in [5.74, 6) is 0. The Morgan fingerprint density at radius 2 is 2.27 bits per heavy atom. The summed E-state index contributed by atoms with van der Waals surface area (Å²) in [5, 5.41) is 10.2. The number of hydrogen-bond acceptors (Lipinski definition) is 3. The molecule has 8 heteroatoms. The quantitative estimate of drug-likeness (QED) is 0.488. The first kappa shape index (κ1) is 12.3. The molecule has 0 atom stereocenters. The number of aromatic nitrogens is 1. The molecule has 0 unspecified atom stereocenters. The fourth-order valence-electron chi connectivity index (χ4n) is 1.05. The van der Waals surface area contributed by atoms with Crippen molar-refractivity contribution in [2.45, 2.75) is 11.8 Å². The molecule has 0 amide bonds. The minimum Gasteiger partial charge on any atom is -0.258 e. The maximum atomic E-state index is 12.6. The fourth-order valence-corrected chi connectivity index (χ4v) is 1.72. The number of halogens is 4. The maximum Gasteiger partial charge on any atom is 0.300 e. The predicted octanol–water partition coefficient (Wildman–Crippen LogP) is 3.48. The molecule has 1 aromatic rings. The molecule has 0 aromatic carbocycles. The van der Waals surface area contributed by atoms with Gasteiger partial charge in [0, 0.05) is 5.33 Å². The largest absolute Gasteiger partial charge is 0.300 e. The van der Waals surface area contributed by atoms with E-state index in [0.29, 0.717) is 0 Å². The molecule has 0 aliphatic carbocycles. The van der Waals surface area contributed by atoms with E-state index in [9.17, 15) is 18.9 Å². The number of rotatable bonds is 3. The fraction of sp³-hybridized carbons (Fsp3) is 0.286. The minimum atomic E-state index is -2.98. The van der Waals surface area contributed by atoms with Crippen molar-refractivity contribution in [3.05, 3.63) is 32.6 Å². The van der Waals surface area contributed by atoms with E-state index in [4.69, 9.17) is 11.6 Å². The lowest BCUT2D eigenvalue weighted by atomic mass is 10.2. The van der Waals surface area contributed by atoms with Gasteiger partial charge in [-0.25, -0.2) is 8.78 Å². The van der Waals surface area contributed by atoms with Crippen molar-refractivity contribution < 1.29 is 13.7 Å². The van der Waals surface area contributed by atoms with Gasteiger partial charge in [-0.15, -0.1) is 0 Å². The molecule has 0 bridgehead atoms. The van der Waals surface area contributed by atoms with Crippen LogP contribution in [-0.4, -0.2) is 9.91 Å². The van der Waals surface area contributed by atoms with Gasteiger partial charge in [-0.05, 0) is 0 Å². The zero-order valence-corrected chi connectivity index (χ0v) is 9.43. The topological polar surface area (TPSA) is 56.0 Å². The maximum absolute atomic E-state index is 12.6. The second-order valence-electron chi connectivity index (χ2n) is 2.51. The van der Waals surface area contributed by atoms with Gasteiger partial charge in [0.15, 0.2) is 0 Å². The Labute approximate surface area is 96.5 Å². The van der Waals surface area contributed by atoms with E-state index in [-0.39, 0.29) is 16.0 Å². The Morgan fingerprint density at radius 3 is 2.67 bits per heavy atom. The van der Waals surface area contributed by atoms with Gasteiger partial charge in [0.1, 0.15) is 10.6 Å². The van der Waals surface area contributed by atoms with Crippen molar-refractivity contribution >= 4 is 33.2 Å². The highest BCUT2D eigenvalue weighted by Crippen LogP contribution is 2.36. The summed E-state index contributed by atoms with van der Waals surface area (Å²) in [6.45, 7) is 0. The molecule has 15 heavy (non-hydrogen) atoms. The van der Waals surface area contributed by atoms with Gasteiger partial charge in [-0.1, -0.05) is 27.5 Å². The normalized spacial score (nSPS) is 10.7. The van der Waals surface area contributed by atoms with E-state index in [2.05, 4.69) is 20.9 Å². The molecule has 4 nitrogen and oxygen atoms in total. The molecule has 82 valence electrons. The Kier molecular flexibility index (Phi) is 3.92. The lowest BCUT2D eigenvalue weighted by Gasteiger charge is -2.06. The minimum absolute atomic E-state index is 0.00465. The number of alkyl halides is 3.